The minimum atomic E-state index is -1.73. The number of nitrogens with one attached hydrogen (secondary N) is 2. The summed E-state index contributed by atoms with van der Waals surface area (Å²) >= 11 is 0. The lowest BCUT2D eigenvalue weighted by Crippen LogP contribution is -2.84. The van der Waals surface area contributed by atoms with Gasteiger partial charge in [0.2, 0.25) is 0 Å². The van der Waals surface area contributed by atoms with Crippen LogP contribution in [0.4, 0.5) is 0 Å². The van der Waals surface area contributed by atoms with Crippen molar-refractivity contribution < 1.29 is 34.4 Å². The molecule has 0 amide bonds. The highest BCUT2D eigenvalue weighted by Gasteiger charge is 2.82. The Morgan fingerprint density at radius 2 is 1.84 bits per heavy atom. The summed E-state index contributed by atoms with van der Waals surface area (Å²) in [5.74, 6) is 6.32. The second kappa shape index (κ2) is 16.5. The van der Waals surface area contributed by atoms with E-state index >= 15 is 0 Å². The van der Waals surface area contributed by atoms with Crippen LogP contribution in [-0.2, 0) is 25.5 Å². The molecule has 3 aliphatic carbocycles. The van der Waals surface area contributed by atoms with Gasteiger partial charge in [0.25, 0.3) is 0 Å². The van der Waals surface area contributed by atoms with Crippen LogP contribution in [0.5, 0.6) is 0 Å². The molecule has 5 N–H and O–H groups in total. The van der Waals surface area contributed by atoms with Crippen LogP contribution >= 0.6 is 0 Å². The van der Waals surface area contributed by atoms with Crippen molar-refractivity contribution in [1.82, 2.24) is 10.9 Å². The Morgan fingerprint density at radius 3 is 2.59 bits per heavy atom. The molecule has 9 heteroatoms. The third-order valence-electron chi connectivity index (χ3n) is 15.7. The zero-order valence-electron chi connectivity index (χ0n) is 34.4. The molecule has 9 nitrogen and oxygen atoms in total. The Balaban J connectivity index is 1.32. The molecule has 1 aromatic rings. The molecule has 6 aliphatic rings. The molecule has 3 aliphatic heterocycles. The normalized spacial score (nSPS) is 39.9. The maximum atomic E-state index is 14.1. The van der Waals surface area contributed by atoms with E-state index in [1.165, 1.54) is 30.9 Å². The summed E-state index contributed by atoms with van der Waals surface area (Å²) < 4.78 is 12.1. The van der Waals surface area contributed by atoms with Crippen molar-refractivity contribution in [1.29, 1.82) is 0 Å². The first-order valence-corrected chi connectivity index (χ1v) is 22.0. The van der Waals surface area contributed by atoms with E-state index in [0.717, 1.165) is 44.1 Å². The van der Waals surface area contributed by atoms with Crippen LogP contribution in [-0.4, -0.2) is 63.4 Å². The van der Waals surface area contributed by atoms with Crippen LogP contribution in [0.3, 0.4) is 0 Å². The molecule has 1 aromatic carbocycles. The molecule has 56 heavy (non-hydrogen) atoms. The van der Waals surface area contributed by atoms with Gasteiger partial charge >= 0.3 is 11.9 Å². The van der Waals surface area contributed by atoms with E-state index in [4.69, 9.17) is 9.47 Å². The Bertz CT molecular complexity index is 1670. The minimum absolute atomic E-state index is 0.102. The summed E-state index contributed by atoms with van der Waals surface area (Å²) in [5, 5.41) is 40.3. The third kappa shape index (κ3) is 7.29. The van der Waals surface area contributed by atoms with E-state index < -0.39 is 51.7 Å². The smallest absolute Gasteiger partial charge is 0.331 e. The van der Waals surface area contributed by atoms with Gasteiger partial charge in [0.1, 0.15) is 6.61 Å². The predicted molar refractivity (Wildman–Crippen MR) is 215 cm³/mol. The molecule has 1 saturated heterocycles. The highest BCUT2D eigenvalue weighted by Crippen LogP contribution is 2.74. The van der Waals surface area contributed by atoms with Gasteiger partial charge in [-0.1, -0.05) is 89.1 Å². The fourth-order valence-electron chi connectivity index (χ4n) is 13.1. The molecule has 3 saturated carbocycles. The van der Waals surface area contributed by atoms with Crippen LogP contribution in [0.2, 0.25) is 0 Å². The van der Waals surface area contributed by atoms with Gasteiger partial charge in [-0.3, -0.25) is 10.2 Å². The van der Waals surface area contributed by atoms with Crippen molar-refractivity contribution >= 4 is 11.9 Å². The fourth-order valence-corrected chi connectivity index (χ4v) is 13.1. The molecular weight excluding hydrogens is 705 g/mol. The Labute approximate surface area is 335 Å². The first-order chi connectivity index (χ1) is 26.8. The summed E-state index contributed by atoms with van der Waals surface area (Å²) in [6.07, 6.45) is 12.3. The monoisotopic (exact) mass is 773 g/mol. The van der Waals surface area contributed by atoms with Crippen molar-refractivity contribution in [2.45, 2.75) is 173 Å². The van der Waals surface area contributed by atoms with Gasteiger partial charge in [0.05, 0.1) is 35.1 Å². The molecule has 1 spiro atoms. The number of hydrazine groups is 1. The number of cyclic esters (lactones) is 1. The van der Waals surface area contributed by atoms with Crippen molar-refractivity contribution in [2.24, 2.45) is 39.9 Å². The Morgan fingerprint density at radius 1 is 1.04 bits per heavy atom. The lowest BCUT2D eigenvalue weighted by atomic mass is 9.34. The molecular formula is C47H68N2O7. The highest BCUT2D eigenvalue weighted by atomic mass is 16.6. The van der Waals surface area contributed by atoms with Gasteiger partial charge in [-0.2, -0.15) is 0 Å². The van der Waals surface area contributed by atoms with Crippen molar-refractivity contribution in [2.75, 3.05) is 6.61 Å². The van der Waals surface area contributed by atoms with E-state index in [1.54, 1.807) is 0 Å². The predicted octanol–water partition coefficient (Wildman–Crippen LogP) is 7.07. The number of hydrogen-bond acceptors (Lipinski definition) is 9. The Kier molecular flexibility index (Phi) is 12.2. The van der Waals surface area contributed by atoms with E-state index in [-0.39, 0.29) is 50.2 Å². The van der Waals surface area contributed by atoms with Crippen LogP contribution < -0.4 is 10.9 Å². The summed E-state index contributed by atoms with van der Waals surface area (Å²) in [6.45, 7) is 8.88. The van der Waals surface area contributed by atoms with Gasteiger partial charge in [0.15, 0.2) is 5.72 Å². The SMILES string of the molecule is CCCCC[C@H]1C[C@@H]2[C@@H](C1)NN[C@]13C[C@](C)(C#CCCC(=O)O1)[C@](O)(CCC1=CC(=O)OC1)[C@]1([C@H](O)CC[C@H](C)CCCc4ccccc4)[C@@H](O)CC[C@]2(C)[C@@H]13. The zero-order chi connectivity index (χ0) is 39.8. The van der Waals surface area contributed by atoms with Crippen LogP contribution in [0.15, 0.2) is 42.0 Å². The average molecular weight is 773 g/mol. The number of unbranched alkanes of at least 4 members (excludes halogenated alkanes) is 2. The topological polar surface area (TPSA) is 137 Å². The Hall–Kier alpha value is -2.74. The molecule has 4 fully saturated rings. The number of aliphatic hydroxyl groups is 3. The standard InChI is InChI=1S/C47H68N2O7/c1-5-6-8-17-34-27-36-37(28-34)48-49-45-31-43(3,24-12-11-19-40(52)56-45)46(54,26-22-35-29-41(53)55-30-35)47(39(51)23-25-44(36,4)42(45)47)38(50)21-20-32(2)14-13-18-33-15-9-7-10-16-33/h7,9-10,15-16,29,32,34,36-39,42,48-51,54H,5-6,8,11,13-14,17-23,25-28,30-31H2,1-4H3/t32-,34+,36-,37-,38-,39+,42-,43+,44+,45-,46-,47-/m1/s1. The minimum Gasteiger partial charge on any atom is -0.458 e. The van der Waals surface area contributed by atoms with E-state index in [1.807, 2.05) is 13.0 Å². The summed E-state index contributed by atoms with van der Waals surface area (Å²) in [5.41, 5.74) is 3.14. The van der Waals surface area contributed by atoms with E-state index in [2.05, 4.69) is 67.7 Å². The van der Waals surface area contributed by atoms with Gasteiger partial charge in [-0.25, -0.2) is 10.2 Å². The maximum absolute atomic E-state index is 14.1. The molecule has 0 radical (unpaired) electrons. The van der Waals surface area contributed by atoms with Crippen molar-refractivity contribution in [3.8, 4) is 11.8 Å². The molecule has 7 rings (SSSR count). The zero-order valence-corrected chi connectivity index (χ0v) is 34.4. The molecule has 308 valence electrons. The van der Waals surface area contributed by atoms with Crippen LogP contribution in [0.1, 0.15) is 142 Å². The van der Waals surface area contributed by atoms with Crippen LogP contribution in [0.25, 0.3) is 0 Å². The lowest BCUT2D eigenvalue weighted by molar-refractivity contribution is -0.362. The summed E-state index contributed by atoms with van der Waals surface area (Å²) in [4.78, 5) is 26.1. The van der Waals surface area contributed by atoms with E-state index in [9.17, 15) is 24.9 Å². The second-order valence-corrected chi connectivity index (χ2v) is 19.3. The molecule has 12 atom stereocenters. The van der Waals surface area contributed by atoms with E-state index in [0.29, 0.717) is 43.9 Å². The molecule has 2 bridgehead atoms. The number of fused-ring (bicyclic) bond motifs is 3. The number of carbonyl (C=O) groups excluding carboxylic acids is 2. The first-order valence-electron chi connectivity index (χ1n) is 22.0. The maximum Gasteiger partial charge on any atom is 0.331 e. The number of aliphatic hydroxyl groups excluding tert-OH is 2. The van der Waals surface area contributed by atoms with Crippen LogP contribution in [0, 0.1) is 51.8 Å². The quantitative estimate of drug-likeness (QED) is 0.0720. The van der Waals surface area contributed by atoms with Gasteiger partial charge in [0, 0.05) is 30.9 Å². The largest absolute Gasteiger partial charge is 0.458 e. The number of aryl methyl sites for hydroxylation is 1. The summed E-state index contributed by atoms with van der Waals surface area (Å²) in [7, 11) is 0. The van der Waals surface area contributed by atoms with Gasteiger partial charge < -0.3 is 24.8 Å². The number of hydrogen-bond donors (Lipinski definition) is 5. The summed E-state index contributed by atoms with van der Waals surface area (Å²) in [6, 6.07) is 10.6. The number of ether oxygens (including phenoxy) is 2. The second-order valence-electron chi connectivity index (χ2n) is 19.3. The molecule has 0 aromatic heterocycles. The van der Waals surface area contributed by atoms with Gasteiger partial charge in [-0.05, 0) is 105 Å². The third-order valence-corrected chi connectivity index (χ3v) is 15.7. The number of benzene rings is 1. The average Bonchev–Trinajstić information content (AvgIpc) is 3.79. The molecule has 0 unspecified atom stereocenters. The van der Waals surface area contributed by atoms with Gasteiger partial charge in [-0.15, -0.1) is 5.92 Å². The number of esters is 2. The van der Waals surface area contributed by atoms with Crippen molar-refractivity contribution in [3.05, 3.63) is 47.5 Å². The van der Waals surface area contributed by atoms with Crippen molar-refractivity contribution in [3.63, 3.8) is 0 Å². The number of rotatable bonds is 15. The first kappa shape index (κ1) is 41.4. The number of carbonyl (C=O) groups is 2. The fraction of sp³-hybridized carbons (Fsp3) is 0.745. The highest BCUT2D eigenvalue weighted by molar-refractivity contribution is 5.85. The molecule has 3 heterocycles. The lowest BCUT2D eigenvalue weighted by Gasteiger charge is -2.73.